The summed E-state index contributed by atoms with van der Waals surface area (Å²) in [5.41, 5.74) is 3.29. The number of aliphatic hydroxyl groups is 1. The van der Waals surface area contributed by atoms with Gasteiger partial charge in [-0.1, -0.05) is 42.6 Å². The van der Waals surface area contributed by atoms with Gasteiger partial charge in [0, 0.05) is 12.7 Å². The number of aryl methyl sites for hydroxylation is 1. The van der Waals surface area contributed by atoms with Gasteiger partial charge in [-0.25, -0.2) is 4.98 Å². The zero-order chi connectivity index (χ0) is 25.1. The minimum atomic E-state index is -0.481. The van der Waals surface area contributed by atoms with Gasteiger partial charge in [0.25, 0.3) is 0 Å². The fourth-order valence-electron chi connectivity index (χ4n) is 4.67. The number of carbonyl (C=O) groups excluding carboxylic acids is 2. The molecule has 186 valence electrons. The Labute approximate surface area is 209 Å². The van der Waals surface area contributed by atoms with Gasteiger partial charge < -0.3 is 19.9 Å². The Morgan fingerprint density at radius 3 is 2.60 bits per heavy atom. The van der Waals surface area contributed by atoms with Gasteiger partial charge in [0.05, 0.1) is 29.5 Å². The predicted molar refractivity (Wildman–Crippen MR) is 133 cm³/mol. The van der Waals surface area contributed by atoms with Crippen LogP contribution in [0.2, 0.25) is 0 Å². The lowest BCUT2D eigenvalue weighted by atomic mass is 10.0. The molecule has 3 atom stereocenters. The van der Waals surface area contributed by atoms with E-state index < -0.39 is 6.04 Å². The van der Waals surface area contributed by atoms with Crippen LogP contribution >= 0.6 is 11.5 Å². The van der Waals surface area contributed by atoms with Gasteiger partial charge in [0.2, 0.25) is 11.8 Å². The maximum Gasteiger partial charge on any atom is 0.246 e. The SMILES string of the molecule is Cc1cn(C(C(=O)N2CCC[C@H]2C(=O)N[C@@H](C)c2ccc(-c3snnc3CO)cc2)C(C)C)cn1. The Kier molecular flexibility index (Phi) is 7.61. The Morgan fingerprint density at radius 2 is 1.97 bits per heavy atom. The number of hydrogen-bond acceptors (Lipinski definition) is 7. The minimum Gasteiger partial charge on any atom is -0.390 e. The molecular weight excluding hydrogens is 464 g/mol. The summed E-state index contributed by atoms with van der Waals surface area (Å²) in [4.78, 5) is 33.6. The van der Waals surface area contributed by atoms with Crippen molar-refractivity contribution in [3.63, 3.8) is 0 Å². The quantitative estimate of drug-likeness (QED) is 0.495. The van der Waals surface area contributed by atoms with E-state index in [1.807, 2.05) is 62.7 Å². The van der Waals surface area contributed by atoms with Crippen LogP contribution in [0.4, 0.5) is 0 Å². The molecule has 1 saturated heterocycles. The number of carbonyl (C=O) groups is 2. The summed E-state index contributed by atoms with van der Waals surface area (Å²) in [5.74, 6) is -0.103. The molecule has 1 aliphatic heterocycles. The van der Waals surface area contributed by atoms with Crippen molar-refractivity contribution >= 4 is 23.3 Å². The Hall–Kier alpha value is -3.11. The monoisotopic (exact) mass is 496 g/mol. The number of nitrogens with zero attached hydrogens (tertiary/aromatic N) is 5. The van der Waals surface area contributed by atoms with E-state index in [4.69, 9.17) is 0 Å². The fraction of sp³-hybridized carbons (Fsp3) is 0.480. The number of aliphatic hydroxyl groups excluding tert-OH is 1. The molecule has 1 fully saturated rings. The van der Waals surface area contributed by atoms with E-state index >= 15 is 0 Å². The van der Waals surface area contributed by atoms with Gasteiger partial charge in [-0.15, -0.1) is 5.10 Å². The lowest BCUT2D eigenvalue weighted by Crippen LogP contribution is -2.49. The summed E-state index contributed by atoms with van der Waals surface area (Å²) in [6, 6.07) is 6.70. The van der Waals surface area contributed by atoms with E-state index in [0.29, 0.717) is 18.7 Å². The third kappa shape index (κ3) is 5.28. The van der Waals surface area contributed by atoms with Crippen LogP contribution < -0.4 is 5.32 Å². The molecule has 4 rings (SSSR count). The molecule has 2 aromatic heterocycles. The van der Waals surface area contributed by atoms with Crippen molar-refractivity contribution < 1.29 is 14.7 Å². The lowest BCUT2D eigenvalue weighted by molar-refractivity contribution is -0.142. The highest BCUT2D eigenvalue weighted by Gasteiger charge is 2.39. The second kappa shape index (κ2) is 10.7. The van der Waals surface area contributed by atoms with Crippen molar-refractivity contribution in [2.75, 3.05) is 6.54 Å². The molecule has 10 heteroatoms. The molecule has 35 heavy (non-hydrogen) atoms. The fourth-order valence-corrected chi connectivity index (χ4v) is 5.34. The molecule has 2 amide bonds. The predicted octanol–water partition coefficient (Wildman–Crippen LogP) is 3.27. The molecule has 3 heterocycles. The molecule has 3 aromatic rings. The summed E-state index contributed by atoms with van der Waals surface area (Å²) < 4.78 is 5.77. The van der Waals surface area contributed by atoms with Crippen LogP contribution in [0.1, 0.15) is 62.6 Å². The summed E-state index contributed by atoms with van der Waals surface area (Å²) in [7, 11) is 0. The smallest absolute Gasteiger partial charge is 0.246 e. The van der Waals surface area contributed by atoms with Gasteiger partial charge in [0.15, 0.2) is 0 Å². The summed E-state index contributed by atoms with van der Waals surface area (Å²) in [6.45, 7) is 8.29. The average Bonchev–Trinajstić information content (AvgIpc) is 3.59. The third-order valence-electron chi connectivity index (χ3n) is 6.51. The average molecular weight is 497 g/mol. The third-order valence-corrected chi connectivity index (χ3v) is 7.33. The van der Waals surface area contributed by atoms with Crippen LogP contribution in [0.25, 0.3) is 10.4 Å². The summed E-state index contributed by atoms with van der Waals surface area (Å²) in [5, 5.41) is 16.5. The van der Waals surface area contributed by atoms with Gasteiger partial charge in [-0.3, -0.25) is 9.59 Å². The molecular formula is C25H32N6O3S. The van der Waals surface area contributed by atoms with Crippen LogP contribution in [0, 0.1) is 12.8 Å². The number of aromatic nitrogens is 4. The molecule has 1 aliphatic rings. The van der Waals surface area contributed by atoms with Crippen molar-refractivity contribution in [3.8, 4) is 10.4 Å². The van der Waals surface area contributed by atoms with Crippen molar-refractivity contribution in [1.82, 2.24) is 29.4 Å². The second-order valence-corrected chi connectivity index (χ2v) is 10.2. The Balaban J connectivity index is 1.44. The molecule has 0 bridgehead atoms. The Morgan fingerprint density at radius 1 is 1.23 bits per heavy atom. The van der Waals surface area contributed by atoms with Crippen molar-refractivity contribution in [1.29, 1.82) is 0 Å². The van der Waals surface area contributed by atoms with Crippen LogP contribution in [-0.4, -0.2) is 53.5 Å². The maximum absolute atomic E-state index is 13.5. The van der Waals surface area contributed by atoms with Crippen LogP contribution in [0.15, 0.2) is 36.8 Å². The number of nitrogens with one attached hydrogen (secondary N) is 1. The first-order chi connectivity index (χ1) is 16.8. The van der Waals surface area contributed by atoms with Gasteiger partial charge in [-0.05, 0) is 55.3 Å². The number of hydrogen-bond donors (Lipinski definition) is 2. The second-order valence-electron chi connectivity index (χ2n) is 9.40. The molecule has 1 aromatic carbocycles. The molecule has 0 radical (unpaired) electrons. The highest BCUT2D eigenvalue weighted by molar-refractivity contribution is 7.09. The molecule has 0 aliphatic carbocycles. The first kappa shape index (κ1) is 25.0. The van der Waals surface area contributed by atoms with E-state index in [-0.39, 0.29) is 36.4 Å². The van der Waals surface area contributed by atoms with E-state index in [0.717, 1.165) is 28.1 Å². The first-order valence-corrected chi connectivity index (χ1v) is 12.7. The summed E-state index contributed by atoms with van der Waals surface area (Å²) >= 11 is 1.24. The number of imidazole rings is 1. The number of benzene rings is 1. The molecule has 1 unspecified atom stereocenters. The summed E-state index contributed by atoms with van der Waals surface area (Å²) in [6.07, 6.45) is 5.03. The highest BCUT2D eigenvalue weighted by atomic mass is 32.1. The van der Waals surface area contributed by atoms with Crippen molar-refractivity contribution in [2.45, 2.75) is 65.3 Å². The topological polar surface area (TPSA) is 113 Å². The molecule has 9 nitrogen and oxygen atoms in total. The first-order valence-electron chi connectivity index (χ1n) is 11.9. The van der Waals surface area contributed by atoms with Crippen LogP contribution in [0.5, 0.6) is 0 Å². The number of amides is 2. The molecule has 2 N–H and O–H groups in total. The van der Waals surface area contributed by atoms with Gasteiger partial charge >= 0.3 is 0 Å². The van der Waals surface area contributed by atoms with Gasteiger partial charge in [0.1, 0.15) is 17.8 Å². The standard InChI is InChI=1S/C25H32N6O3S/c1-15(2)22(30-12-16(3)26-14-30)25(34)31-11-5-6-21(31)24(33)27-17(4)18-7-9-19(10-8-18)23-20(13-32)28-29-35-23/h7-10,12,14-15,17,21-22,32H,5-6,11,13H2,1-4H3,(H,27,33)/t17-,21-,22?/m0/s1. The lowest BCUT2D eigenvalue weighted by Gasteiger charge is -2.31. The zero-order valence-electron chi connectivity index (χ0n) is 20.5. The Bertz CT molecular complexity index is 1170. The van der Waals surface area contributed by atoms with E-state index in [1.165, 1.54) is 11.5 Å². The highest BCUT2D eigenvalue weighted by Crippen LogP contribution is 2.29. The zero-order valence-corrected chi connectivity index (χ0v) is 21.3. The van der Waals surface area contributed by atoms with Crippen LogP contribution in [-0.2, 0) is 16.2 Å². The molecule has 0 saturated carbocycles. The largest absolute Gasteiger partial charge is 0.390 e. The van der Waals surface area contributed by atoms with Crippen LogP contribution in [0.3, 0.4) is 0 Å². The van der Waals surface area contributed by atoms with E-state index in [9.17, 15) is 14.7 Å². The van der Waals surface area contributed by atoms with Crippen molar-refractivity contribution in [3.05, 3.63) is 53.7 Å². The van der Waals surface area contributed by atoms with Crippen molar-refractivity contribution in [2.24, 2.45) is 5.92 Å². The van der Waals surface area contributed by atoms with E-state index in [2.05, 4.69) is 19.9 Å². The number of rotatable bonds is 8. The van der Waals surface area contributed by atoms with Gasteiger partial charge in [-0.2, -0.15) is 0 Å². The number of likely N-dealkylation sites (tertiary alicyclic amines) is 1. The molecule has 0 spiro atoms. The normalized spacial score (nSPS) is 17.5. The maximum atomic E-state index is 13.5. The van der Waals surface area contributed by atoms with E-state index in [1.54, 1.807) is 11.2 Å². The minimum absolute atomic E-state index is 0.0371.